The highest BCUT2D eigenvalue weighted by molar-refractivity contribution is 5.67. The molecule has 1 rings (SSSR count). The van der Waals surface area contributed by atoms with Gasteiger partial charge in [-0.25, -0.2) is 9.78 Å². The summed E-state index contributed by atoms with van der Waals surface area (Å²) in [6, 6.07) is 1.50. The van der Waals surface area contributed by atoms with Gasteiger partial charge >= 0.3 is 6.09 Å². The summed E-state index contributed by atoms with van der Waals surface area (Å²) in [4.78, 5) is 17.8. The van der Waals surface area contributed by atoms with Crippen LogP contribution in [0, 0.1) is 0 Å². The van der Waals surface area contributed by atoms with E-state index in [1.54, 1.807) is 6.92 Å². The van der Waals surface area contributed by atoms with Crippen LogP contribution in [0.25, 0.3) is 0 Å². The first-order chi connectivity index (χ1) is 6.24. The van der Waals surface area contributed by atoms with Crippen LogP contribution in [0.1, 0.15) is 6.92 Å². The Morgan fingerprint density at radius 1 is 1.85 bits per heavy atom. The number of carbonyl (C=O) groups excluding carboxylic acids is 1. The highest BCUT2D eigenvalue weighted by Crippen LogP contribution is 1.80. The second-order valence-electron chi connectivity index (χ2n) is 2.07. The Balaban J connectivity index is 2.94. The van der Waals surface area contributed by atoms with Crippen LogP contribution in [-0.2, 0) is 4.74 Å². The van der Waals surface area contributed by atoms with Crippen molar-refractivity contribution in [3.8, 4) is 0 Å². The van der Waals surface area contributed by atoms with Gasteiger partial charge in [0.25, 0.3) is 5.62 Å². The molecule has 0 aliphatic rings. The quantitative estimate of drug-likeness (QED) is 0.630. The van der Waals surface area contributed by atoms with Crippen molar-refractivity contribution in [2.75, 3.05) is 6.61 Å². The third kappa shape index (κ3) is 2.58. The molecule has 1 heterocycles. The zero-order valence-electron chi connectivity index (χ0n) is 7.04. The van der Waals surface area contributed by atoms with Gasteiger partial charge in [0.15, 0.2) is 0 Å². The lowest BCUT2D eigenvalue weighted by Crippen LogP contribution is -2.23. The minimum atomic E-state index is -0.774. The van der Waals surface area contributed by atoms with Gasteiger partial charge in [-0.3, -0.25) is 0 Å². The van der Waals surface area contributed by atoms with E-state index in [4.69, 9.17) is 5.21 Å². The van der Waals surface area contributed by atoms with Gasteiger partial charge in [0.1, 0.15) is 0 Å². The van der Waals surface area contributed by atoms with Crippen molar-refractivity contribution < 1.29 is 14.7 Å². The first-order valence-electron chi connectivity index (χ1n) is 3.68. The van der Waals surface area contributed by atoms with Crippen molar-refractivity contribution in [1.29, 1.82) is 0 Å². The van der Waals surface area contributed by atoms with Crippen molar-refractivity contribution in [3.05, 3.63) is 24.1 Å². The number of ether oxygens (including phenoxy) is 1. The predicted molar refractivity (Wildman–Crippen MR) is 42.0 cm³/mol. The van der Waals surface area contributed by atoms with Crippen molar-refractivity contribution in [2.24, 2.45) is 4.99 Å². The zero-order chi connectivity index (χ0) is 9.68. The van der Waals surface area contributed by atoms with E-state index < -0.39 is 6.09 Å². The van der Waals surface area contributed by atoms with Gasteiger partial charge in [-0.05, 0) is 13.0 Å². The van der Waals surface area contributed by atoms with Crippen LogP contribution >= 0.6 is 0 Å². The summed E-state index contributed by atoms with van der Waals surface area (Å²) in [7, 11) is 0. The smallest absolute Gasteiger partial charge is 0.437 e. The Labute approximate surface area is 74.1 Å². The molecular formula is C7H9N3O3. The van der Waals surface area contributed by atoms with E-state index >= 15 is 0 Å². The third-order valence-corrected chi connectivity index (χ3v) is 1.17. The van der Waals surface area contributed by atoms with E-state index in [-0.39, 0.29) is 12.2 Å². The summed E-state index contributed by atoms with van der Waals surface area (Å²) in [5, 5.41) is 9.08. The maximum absolute atomic E-state index is 10.8. The molecule has 1 amide bonds. The summed E-state index contributed by atoms with van der Waals surface area (Å²) < 4.78 is 5.17. The van der Waals surface area contributed by atoms with Gasteiger partial charge in [0, 0.05) is 12.4 Å². The Morgan fingerprint density at radius 3 is 3.23 bits per heavy atom. The molecule has 0 fully saturated rings. The van der Waals surface area contributed by atoms with Gasteiger partial charge < -0.3 is 9.94 Å². The molecule has 1 aromatic heterocycles. The molecule has 0 aliphatic heterocycles. The minimum Gasteiger partial charge on any atom is -0.448 e. The van der Waals surface area contributed by atoms with Crippen LogP contribution < -0.4 is 5.62 Å². The van der Waals surface area contributed by atoms with E-state index in [0.717, 1.165) is 0 Å². The molecule has 6 nitrogen and oxygen atoms in total. The highest BCUT2D eigenvalue weighted by atomic mass is 16.5. The molecular weight excluding hydrogens is 174 g/mol. The third-order valence-electron chi connectivity index (χ3n) is 1.17. The van der Waals surface area contributed by atoms with E-state index in [1.165, 1.54) is 18.5 Å². The first kappa shape index (κ1) is 9.24. The molecule has 1 aromatic rings. The molecule has 0 aromatic carbocycles. The SMILES string of the molecule is CCOC(=O)/N=c1\ncccn1O. The van der Waals surface area contributed by atoms with Gasteiger partial charge in [-0.15, -0.1) is 4.99 Å². The Hall–Kier alpha value is -1.85. The zero-order valence-corrected chi connectivity index (χ0v) is 7.04. The van der Waals surface area contributed by atoms with Crippen LogP contribution in [0.4, 0.5) is 4.79 Å². The average molecular weight is 183 g/mol. The summed E-state index contributed by atoms with van der Waals surface area (Å²) in [5.74, 6) is 0. The normalized spacial score (nSPS) is 11.3. The Kier molecular flexibility index (Phi) is 3.02. The van der Waals surface area contributed by atoms with E-state index in [2.05, 4.69) is 14.7 Å². The second-order valence-corrected chi connectivity index (χ2v) is 2.07. The number of carbonyl (C=O) groups is 1. The minimum absolute atomic E-state index is 0.110. The summed E-state index contributed by atoms with van der Waals surface area (Å²) >= 11 is 0. The molecule has 0 spiro atoms. The maximum atomic E-state index is 10.8. The molecule has 0 unspecified atom stereocenters. The number of hydrogen-bond donors (Lipinski definition) is 1. The van der Waals surface area contributed by atoms with Gasteiger partial charge in [-0.2, -0.15) is 4.73 Å². The maximum Gasteiger partial charge on any atom is 0.437 e. The van der Waals surface area contributed by atoms with Crippen molar-refractivity contribution >= 4 is 6.09 Å². The highest BCUT2D eigenvalue weighted by Gasteiger charge is 1.97. The second kappa shape index (κ2) is 4.24. The standard InChI is InChI=1S/C7H9N3O3/c1-2-13-7(11)9-6-8-4-3-5-10(6)12/h3-5,12H,2H2,1H3/b9-6+. The monoisotopic (exact) mass is 183 g/mol. The van der Waals surface area contributed by atoms with Crippen LogP contribution in [0.5, 0.6) is 0 Å². The average Bonchev–Trinajstić information content (AvgIpc) is 2.09. The number of nitrogens with zero attached hydrogens (tertiary/aromatic N) is 3. The molecule has 1 N–H and O–H groups in total. The topological polar surface area (TPSA) is 76.7 Å². The van der Waals surface area contributed by atoms with Crippen LogP contribution in [-0.4, -0.2) is 27.6 Å². The predicted octanol–water partition coefficient (Wildman–Crippen LogP) is 0.178. The largest absolute Gasteiger partial charge is 0.448 e. The van der Waals surface area contributed by atoms with Gasteiger partial charge in [-0.1, -0.05) is 0 Å². The molecule has 0 bridgehead atoms. The van der Waals surface area contributed by atoms with E-state index in [9.17, 15) is 4.79 Å². The van der Waals surface area contributed by atoms with Crippen LogP contribution in [0.3, 0.4) is 0 Å². The molecule has 6 heteroatoms. The van der Waals surface area contributed by atoms with E-state index in [0.29, 0.717) is 4.73 Å². The lowest BCUT2D eigenvalue weighted by molar-refractivity contribution is 0.150. The van der Waals surface area contributed by atoms with Crippen molar-refractivity contribution in [3.63, 3.8) is 0 Å². The Morgan fingerprint density at radius 2 is 2.62 bits per heavy atom. The number of rotatable bonds is 1. The first-order valence-corrected chi connectivity index (χ1v) is 3.68. The van der Waals surface area contributed by atoms with Crippen molar-refractivity contribution in [2.45, 2.75) is 6.92 Å². The van der Waals surface area contributed by atoms with E-state index in [1.807, 2.05) is 0 Å². The molecule has 70 valence electrons. The molecule has 13 heavy (non-hydrogen) atoms. The fourth-order valence-electron chi connectivity index (χ4n) is 0.673. The fraction of sp³-hybridized carbons (Fsp3) is 0.286. The number of amides is 1. The number of hydrogen-bond acceptors (Lipinski definition) is 4. The van der Waals surface area contributed by atoms with Crippen LogP contribution in [0.2, 0.25) is 0 Å². The Bertz CT molecular complexity index is 358. The van der Waals surface area contributed by atoms with Gasteiger partial charge in [0.05, 0.1) is 6.61 Å². The van der Waals surface area contributed by atoms with Crippen LogP contribution in [0.15, 0.2) is 23.5 Å². The lowest BCUT2D eigenvalue weighted by atomic mass is 10.7. The molecule has 0 radical (unpaired) electrons. The lowest BCUT2D eigenvalue weighted by Gasteiger charge is -1.96. The molecule has 0 saturated carbocycles. The molecule has 0 atom stereocenters. The molecule has 0 aliphatic carbocycles. The summed E-state index contributed by atoms with van der Waals surface area (Å²) in [5.41, 5.74) is -0.110. The van der Waals surface area contributed by atoms with Gasteiger partial charge in [0.2, 0.25) is 0 Å². The summed E-state index contributed by atoms with van der Waals surface area (Å²) in [6.45, 7) is 1.90. The summed E-state index contributed by atoms with van der Waals surface area (Å²) in [6.07, 6.45) is 1.94. The molecule has 0 saturated heterocycles. The fourth-order valence-corrected chi connectivity index (χ4v) is 0.673. The van der Waals surface area contributed by atoms with Crippen molar-refractivity contribution in [1.82, 2.24) is 9.71 Å². The number of aromatic nitrogens is 2.